The van der Waals surface area contributed by atoms with Gasteiger partial charge in [0.15, 0.2) is 0 Å². The number of nitrogens with zero attached hydrogens (tertiary/aromatic N) is 1. The quantitative estimate of drug-likeness (QED) is 0.852. The van der Waals surface area contributed by atoms with E-state index in [9.17, 15) is 21.6 Å². The maximum atomic E-state index is 11.9. The minimum absolute atomic E-state index is 0.293. The number of hydrogen-bond donors (Lipinski definition) is 1. The Bertz CT molecular complexity index is 369. The first-order valence-corrected chi connectivity index (χ1v) is 7.46. The lowest BCUT2D eigenvalue weighted by Crippen LogP contribution is -2.50. The molecule has 0 unspecified atom stereocenters. The monoisotopic (exact) mass is 288 g/mol. The Morgan fingerprint density at radius 3 is 2.22 bits per heavy atom. The van der Waals surface area contributed by atoms with Crippen molar-refractivity contribution in [3.05, 3.63) is 0 Å². The lowest BCUT2D eigenvalue weighted by atomic mass is 9.92. The van der Waals surface area contributed by atoms with E-state index in [1.165, 1.54) is 4.31 Å². The van der Waals surface area contributed by atoms with Gasteiger partial charge in [0, 0.05) is 25.0 Å². The molecule has 2 N–H and O–H groups in total. The summed E-state index contributed by atoms with van der Waals surface area (Å²) in [4.78, 5) is 0. The lowest BCUT2D eigenvalue weighted by molar-refractivity contribution is -0.134. The predicted molar refractivity (Wildman–Crippen MR) is 62.5 cm³/mol. The second kappa shape index (κ2) is 5.34. The summed E-state index contributed by atoms with van der Waals surface area (Å²) in [5.74, 6) is -0.451. The Morgan fingerprint density at radius 1 is 1.28 bits per heavy atom. The van der Waals surface area contributed by atoms with Crippen molar-refractivity contribution in [2.24, 2.45) is 5.73 Å². The van der Waals surface area contributed by atoms with E-state index in [1.54, 1.807) is 0 Å². The molecule has 1 fully saturated rings. The molecule has 1 aliphatic rings. The molecule has 0 aromatic heterocycles. The van der Waals surface area contributed by atoms with Gasteiger partial charge in [-0.15, -0.1) is 0 Å². The normalized spacial score (nSPS) is 22.1. The first-order chi connectivity index (χ1) is 8.02. The van der Waals surface area contributed by atoms with Crippen molar-refractivity contribution in [3.8, 4) is 0 Å². The first-order valence-electron chi connectivity index (χ1n) is 5.85. The number of halogens is 3. The van der Waals surface area contributed by atoms with Crippen LogP contribution in [0.4, 0.5) is 13.2 Å². The fourth-order valence-electron chi connectivity index (χ4n) is 1.86. The minimum Gasteiger partial charge on any atom is -0.325 e. The summed E-state index contributed by atoms with van der Waals surface area (Å²) < 4.78 is 60.7. The van der Waals surface area contributed by atoms with E-state index in [2.05, 4.69) is 0 Å². The Kier molecular flexibility index (Phi) is 4.66. The molecule has 1 saturated heterocycles. The Balaban J connectivity index is 2.45. The number of piperidine rings is 1. The van der Waals surface area contributed by atoms with Crippen LogP contribution >= 0.6 is 0 Å². The molecular formula is C10H19F3N2O2S. The highest BCUT2D eigenvalue weighted by atomic mass is 32.2. The molecule has 0 amide bonds. The van der Waals surface area contributed by atoms with E-state index in [0.29, 0.717) is 25.9 Å². The largest absolute Gasteiger partial charge is 0.389 e. The second-order valence-electron chi connectivity index (χ2n) is 5.09. The molecule has 1 aliphatic heterocycles. The van der Waals surface area contributed by atoms with E-state index in [4.69, 9.17) is 5.73 Å². The van der Waals surface area contributed by atoms with Crippen molar-refractivity contribution in [2.75, 3.05) is 18.8 Å². The van der Waals surface area contributed by atoms with Gasteiger partial charge in [0.1, 0.15) is 0 Å². The van der Waals surface area contributed by atoms with Crippen molar-refractivity contribution in [3.63, 3.8) is 0 Å². The molecule has 0 spiro atoms. The van der Waals surface area contributed by atoms with Gasteiger partial charge >= 0.3 is 6.18 Å². The van der Waals surface area contributed by atoms with Crippen LogP contribution in [0.1, 0.15) is 32.6 Å². The third kappa shape index (κ3) is 5.11. The van der Waals surface area contributed by atoms with Crippen molar-refractivity contribution in [2.45, 2.75) is 44.3 Å². The van der Waals surface area contributed by atoms with Gasteiger partial charge in [-0.25, -0.2) is 12.7 Å². The smallest absolute Gasteiger partial charge is 0.325 e. The molecule has 0 aliphatic carbocycles. The van der Waals surface area contributed by atoms with Crippen LogP contribution in [0, 0.1) is 0 Å². The van der Waals surface area contributed by atoms with Gasteiger partial charge in [0.25, 0.3) is 0 Å². The van der Waals surface area contributed by atoms with Crippen LogP contribution in [0.3, 0.4) is 0 Å². The molecule has 4 nitrogen and oxygen atoms in total. The molecule has 0 aromatic rings. The van der Waals surface area contributed by atoms with E-state index < -0.39 is 28.4 Å². The number of nitrogens with two attached hydrogens (primary N) is 1. The average molecular weight is 288 g/mol. The molecule has 8 heteroatoms. The fourth-order valence-corrected chi connectivity index (χ4v) is 3.37. The third-order valence-corrected chi connectivity index (χ3v) is 5.08. The van der Waals surface area contributed by atoms with Crippen LogP contribution in [0.25, 0.3) is 0 Å². The zero-order chi connectivity index (χ0) is 14.0. The van der Waals surface area contributed by atoms with Gasteiger partial charge in [-0.2, -0.15) is 13.2 Å². The fraction of sp³-hybridized carbons (Fsp3) is 1.00. The van der Waals surface area contributed by atoms with E-state index in [0.717, 1.165) is 0 Å². The van der Waals surface area contributed by atoms with Crippen LogP contribution in [0.2, 0.25) is 0 Å². The van der Waals surface area contributed by atoms with Crippen molar-refractivity contribution in [1.29, 1.82) is 0 Å². The van der Waals surface area contributed by atoms with Crippen molar-refractivity contribution >= 4 is 10.0 Å². The maximum Gasteiger partial charge on any atom is 0.389 e. The van der Waals surface area contributed by atoms with Gasteiger partial charge in [-0.3, -0.25) is 0 Å². The molecule has 108 valence electrons. The molecule has 0 aromatic carbocycles. The van der Waals surface area contributed by atoms with Gasteiger partial charge < -0.3 is 5.73 Å². The first kappa shape index (κ1) is 15.7. The summed E-state index contributed by atoms with van der Waals surface area (Å²) in [6.45, 7) is 2.43. The minimum atomic E-state index is -4.30. The van der Waals surface area contributed by atoms with Crippen LogP contribution in [-0.4, -0.2) is 43.3 Å². The Morgan fingerprint density at radius 2 is 1.78 bits per heavy atom. The molecule has 1 rings (SSSR count). The SMILES string of the molecule is CC1(N)CCN(S(=O)(=O)CCCC(F)(F)F)CC1. The standard InChI is InChI=1S/C10H19F3N2O2S/c1-9(14)4-6-15(7-5-9)18(16,17)8-2-3-10(11,12)13/h2-8,14H2,1H3. The number of alkyl halides is 3. The lowest BCUT2D eigenvalue weighted by Gasteiger charge is -2.35. The third-order valence-electron chi connectivity index (χ3n) is 3.12. The van der Waals surface area contributed by atoms with Crippen LogP contribution < -0.4 is 5.73 Å². The van der Waals surface area contributed by atoms with E-state index in [-0.39, 0.29) is 12.0 Å². The molecule has 18 heavy (non-hydrogen) atoms. The zero-order valence-electron chi connectivity index (χ0n) is 10.3. The molecule has 0 atom stereocenters. The highest BCUT2D eigenvalue weighted by Gasteiger charge is 2.33. The summed E-state index contributed by atoms with van der Waals surface area (Å²) in [7, 11) is -3.58. The molecule has 1 heterocycles. The Labute approximate surface area is 105 Å². The van der Waals surface area contributed by atoms with Crippen LogP contribution in [0.5, 0.6) is 0 Å². The van der Waals surface area contributed by atoms with Gasteiger partial charge in [-0.1, -0.05) is 0 Å². The summed E-state index contributed by atoms with van der Waals surface area (Å²) >= 11 is 0. The predicted octanol–water partition coefficient (Wildman–Crippen LogP) is 1.47. The highest BCUT2D eigenvalue weighted by Crippen LogP contribution is 2.24. The summed E-state index contributed by atoms with van der Waals surface area (Å²) in [6.07, 6.45) is -4.68. The Hall–Kier alpha value is -0.340. The maximum absolute atomic E-state index is 11.9. The van der Waals surface area contributed by atoms with E-state index >= 15 is 0 Å². The topological polar surface area (TPSA) is 63.4 Å². The average Bonchev–Trinajstić information content (AvgIpc) is 2.14. The van der Waals surface area contributed by atoms with Gasteiger partial charge in [0.05, 0.1) is 5.75 Å². The second-order valence-corrected chi connectivity index (χ2v) is 7.18. The number of hydrogen-bond acceptors (Lipinski definition) is 3. The molecule has 0 saturated carbocycles. The molecule has 0 radical (unpaired) electrons. The van der Waals surface area contributed by atoms with E-state index in [1.807, 2.05) is 6.92 Å². The molecular weight excluding hydrogens is 269 g/mol. The van der Waals surface area contributed by atoms with Gasteiger partial charge in [0.2, 0.25) is 10.0 Å². The highest BCUT2D eigenvalue weighted by molar-refractivity contribution is 7.89. The summed E-state index contributed by atoms with van der Waals surface area (Å²) in [5.41, 5.74) is 5.49. The van der Waals surface area contributed by atoms with Gasteiger partial charge in [-0.05, 0) is 26.2 Å². The van der Waals surface area contributed by atoms with Crippen LogP contribution in [0.15, 0.2) is 0 Å². The number of rotatable bonds is 4. The zero-order valence-corrected chi connectivity index (χ0v) is 11.1. The summed E-state index contributed by atoms with van der Waals surface area (Å²) in [5, 5.41) is 0. The van der Waals surface area contributed by atoms with Crippen molar-refractivity contribution < 1.29 is 21.6 Å². The molecule has 0 bridgehead atoms. The van der Waals surface area contributed by atoms with Crippen molar-refractivity contribution in [1.82, 2.24) is 4.31 Å². The number of sulfonamides is 1. The summed E-state index contributed by atoms with van der Waals surface area (Å²) in [6, 6.07) is 0. The van der Waals surface area contributed by atoms with Crippen LogP contribution in [-0.2, 0) is 10.0 Å².